The highest BCUT2D eigenvalue weighted by Crippen LogP contribution is 2.15. The van der Waals surface area contributed by atoms with Crippen LogP contribution in [0, 0.1) is 12.8 Å². The molecule has 2 aromatic rings. The fourth-order valence-electron chi connectivity index (χ4n) is 1.10. The molecule has 0 radical (unpaired) electrons. The van der Waals surface area contributed by atoms with Gasteiger partial charge < -0.3 is 0 Å². The Kier molecular flexibility index (Phi) is 2.44. The molecule has 0 aliphatic carbocycles. The van der Waals surface area contributed by atoms with Crippen LogP contribution in [0.5, 0.6) is 0 Å². The number of nitrogens with zero attached hydrogens (tertiary/aromatic N) is 3. The maximum atomic E-state index is 11.4. The second-order valence-electron chi connectivity index (χ2n) is 3.65. The Bertz CT molecular complexity index is 499. The van der Waals surface area contributed by atoms with Gasteiger partial charge in [-0.25, -0.2) is 4.52 Å². The lowest BCUT2D eigenvalue weighted by Crippen LogP contribution is -2.18. The molecule has 5 nitrogen and oxygen atoms in total. The summed E-state index contributed by atoms with van der Waals surface area (Å²) in [5.74, 6) is 0.252. The Morgan fingerprint density at radius 2 is 2.33 bits per heavy atom. The van der Waals surface area contributed by atoms with E-state index in [0.29, 0.717) is 5.95 Å². The molecule has 0 atom stereocenters. The number of carbonyl (C=O) groups excluding carboxylic acids is 1. The average molecular weight is 224 g/mol. The minimum Gasteiger partial charge on any atom is -0.293 e. The monoisotopic (exact) mass is 224 g/mol. The molecule has 15 heavy (non-hydrogen) atoms. The molecular weight excluding hydrogens is 212 g/mol. The first kappa shape index (κ1) is 10.1. The molecule has 0 unspecified atom stereocenters. The Morgan fingerprint density at radius 1 is 1.60 bits per heavy atom. The highest BCUT2D eigenvalue weighted by Gasteiger charge is 2.12. The van der Waals surface area contributed by atoms with Gasteiger partial charge in [0.15, 0.2) is 0 Å². The third kappa shape index (κ3) is 1.85. The fraction of sp³-hybridized carbons (Fsp3) is 0.444. The van der Waals surface area contributed by atoms with Crippen LogP contribution in [0.2, 0.25) is 0 Å². The SMILES string of the molecule is Cc1csc2nc(NC(=O)C(C)C)nn12. The van der Waals surface area contributed by atoms with Crippen molar-refractivity contribution in [3.63, 3.8) is 0 Å². The van der Waals surface area contributed by atoms with Gasteiger partial charge in [-0.1, -0.05) is 13.8 Å². The Hall–Kier alpha value is -1.43. The van der Waals surface area contributed by atoms with Gasteiger partial charge in [0.25, 0.3) is 0 Å². The zero-order chi connectivity index (χ0) is 11.0. The third-order valence-corrected chi connectivity index (χ3v) is 2.94. The van der Waals surface area contributed by atoms with Crippen LogP contribution in [0.1, 0.15) is 19.5 Å². The van der Waals surface area contributed by atoms with Crippen molar-refractivity contribution in [2.45, 2.75) is 20.8 Å². The summed E-state index contributed by atoms with van der Waals surface area (Å²) in [7, 11) is 0. The first-order valence-electron chi connectivity index (χ1n) is 4.69. The Labute approximate surface area is 91.1 Å². The summed E-state index contributed by atoms with van der Waals surface area (Å²) in [5, 5.41) is 8.82. The smallest absolute Gasteiger partial charge is 0.250 e. The number of hydrogen-bond donors (Lipinski definition) is 1. The molecule has 6 heteroatoms. The Balaban J connectivity index is 2.26. The van der Waals surface area contributed by atoms with Crippen molar-refractivity contribution in [1.82, 2.24) is 14.6 Å². The third-order valence-electron chi connectivity index (χ3n) is 2.01. The van der Waals surface area contributed by atoms with E-state index in [1.54, 1.807) is 4.52 Å². The van der Waals surface area contributed by atoms with E-state index in [4.69, 9.17) is 0 Å². The highest BCUT2D eigenvalue weighted by molar-refractivity contribution is 7.15. The predicted molar refractivity (Wildman–Crippen MR) is 59.1 cm³/mol. The van der Waals surface area contributed by atoms with E-state index in [2.05, 4.69) is 15.4 Å². The first-order valence-corrected chi connectivity index (χ1v) is 5.57. The molecule has 1 N–H and O–H groups in total. The normalized spacial score (nSPS) is 11.2. The molecule has 2 heterocycles. The van der Waals surface area contributed by atoms with E-state index in [9.17, 15) is 4.79 Å². The number of aryl methyl sites for hydroxylation is 1. The largest absolute Gasteiger partial charge is 0.293 e. The summed E-state index contributed by atoms with van der Waals surface area (Å²) in [4.78, 5) is 16.4. The standard InChI is InChI=1S/C9H12N4OS/c1-5(2)7(14)10-8-11-9-13(12-8)6(3)4-15-9/h4-5H,1-3H3,(H,10,12,14). The molecule has 0 aliphatic heterocycles. The van der Waals surface area contributed by atoms with Gasteiger partial charge >= 0.3 is 0 Å². The van der Waals surface area contributed by atoms with Crippen molar-refractivity contribution < 1.29 is 4.79 Å². The van der Waals surface area contributed by atoms with Crippen LogP contribution in [0.4, 0.5) is 5.95 Å². The van der Waals surface area contributed by atoms with Gasteiger partial charge in [-0.2, -0.15) is 4.98 Å². The quantitative estimate of drug-likeness (QED) is 0.844. The number of nitrogens with one attached hydrogen (secondary N) is 1. The van der Waals surface area contributed by atoms with Crippen molar-refractivity contribution in [3.8, 4) is 0 Å². The topological polar surface area (TPSA) is 59.3 Å². The second-order valence-corrected chi connectivity index (χ2v) is 4.49. The van der Waals surface area contributed by atoms with Crippen molar-refractivity contribution in [2.75, 3.05) is 5.32 Å². The van der Waals surface area contributed by atoms with Crippen LogP contribution >= 0.6 is 11.3 Å². The molecule has 2 aromatic heterocycles. The van der Waals surface area contributed by atoms with Crippen molar-refractivity contribution in [3.05, 3.63) is 11.1 Å². The lowest BCUT2D eigenvalue weighted by Gasteiger charge is -2.02. The summed E-state index contributed by atoms with van der Waals surface area (Å²) in [5.41, 5.74) is 1.02. The lowest BCUT2D eigenvalue weighted by molar-refractivity contribution is -0.118. The van der Waals surface area contributed by atoms with Gasteiger partial charge in [-0.15, -0.1) is 16.4 Å². The molecule has 0 aromatic carbocycles. The molecule has 0 bridgehead atoms. The molecule has 0 saturated heterocycles. The first-order chi connectivity index (χ1) is 7.08. The van der Waals surface area contributed by atoms with Crippen LogP contribution in [0.15, 0.2) is 5.38 Å². The predicted octanol–water partition coefficient (Wildman–Crippen LogP) is 1.69. The number of rotatable bonds is 2. The maximum Gasteiger partial charge on any atom is 0.250 e. The number of anilines is 1. The Morgan fingerprint density at radius 3 is 2.93 bits per heavy atom. The number of amides is 1. The summed E-state index contributed by atoms with van der Waals surface area (Å²) in [6.07, 6.45) is 0. The van der Waals surface area contributed by atoms with Crippen LogP contribution in [-0.4, -0.2) is 20.5 Å². The molecule has 0 saturated carbocycles. The molecule has 80 valence electrons. The summed E-state index contributed by atoms with van der Waals surface area (Å²) >= 11 is 1.51. The van der Waals surface area contributed by atoms with Crippen LogP contribution in [0.25, 0.3) is 4.96 Å². The molecule has 0 spiro atoms. The van der Waals surface area contributed by atoms with Crippen LogP contribution in [0.3, 0.4) is 0 Å². The minimum absolute atomic E-state index is 0.0624. The van der Waals surface area contributed by atoms with E-state index in [1.165, 1.54) is 11.3 Å². The van der Waals surface area contributed by atoms with Gasteiger partial charge in [0.05, 0.1) is 5.69 Å². The maximum absolute atomic E-state index is 11.4. The van der Waals surface area contributed by atoms with Gasteiger partial charge in [0.1, 0.15) is 0 Å². The van der Waals surface area contributed by atoms with E-state index < -0.39 is 0 Å². The second kappa shape index (κ2) is 3.62. The molecule has 0 fully saturated rings. The van der Waals surface area contributed by atoms with E-state index in [-0.39, 0.29) is 11.8 Å². The summed E-state index contributed by atoms with van der Waals surface area (Å²) < 4.78 is 1.72. The fourth-order valence-corrected chi connectivity index (χ4v) is 1.90. The molecule has 1 amide bonds. The van der Waals surface area contributed by atoms with Gasteiger partial charge in [-0.3, -0.25) is 10.1 Å². The zero-order valence-corrected chi connectivity index (χ0v) is 9.63. The van der Waals surface area contributed by atoms with Crippen LogP contribution < -0.4 is 5.32 Å². The molecular formula is C9H12N4OS. The van der Waals surface area contributed by atoms with Gasteiger partial charge in [-0.05, 0) is 6.92 Å². The summed E-state index contributed by atoms with van der Waals surface area (Å²) in [6.45, 7) is 5.62. The number of thiazole rings is 1. The number of carbonyl (C=O) groups is 1. The van der Waals surface area contributed by atoms with E-state index in [1.807, 2.05) is 26.2 Å². The van der Waals surface area contributed by atoms with Crippen molar-refractivity contribution in [1.29, 1.82) is 0 Å². The van der Waals surface area contributed by atoms with Crippen molar-refractivity contribution >= 4 is 28.2 Å². The number of aromatic nitrogens is 3. The van der Waals surface area contributed by atoms with Crippen LogP contribution in [-0.2, 0) is 4.79 Å². The minimum atomic E-state index is -0.0640. The molecule has 2 rings (SSSR count). The highest BCUT2D eigenvalue weighted by atomic mass is 32.1. The average Bonchev–Trinajstić information content (AvgIpc) is 2.69. The van der Waals surface area contributed by atoms with E-state index >= 15 is 0 Å². The lowest BCUT2D eigenvalue weighted by atomic mass is 10.2. The molecule has 0 aliphatic rings. The number of hydrogen-bond acceptors (Lipinski definition) is 4. The van der Waals surface area contributed by atoms with Crippen molar-refractivity contribution in [2.24, 2.45) is 5.92 Å². The number of fused-ring (bicyclic) bond motifs is 1. The van der Waals surface area contributed by atoms with Gasteiger partial charge in [0.2, 0.25) is 16.8 Å². The van der Waals surface area contributed by atoms with Gasteiger partial charge in [0, 0.05) is 11.3 Å². The summed E-state index contributed by atoms with van der Waals surface area (Å²) in [6, 6.07) is 0. The van der Waals surface area contributed by atoms with E-state index in [0.717, 1.165) is 10.7 Å². The zero-order valence-electron chi connectivity index (χ0n) is 8.81.